The molecule has 17 heavy (non-hydrogen) atoms. The van der Waals surface area contributed by atoms with Gasteiger partial charge in [0.25, 0.3) is 0 Å². The lowest BCUT2D eigenvalue weighted by Crippen LogP contribution is -1.99. The Balaban J connectivity index is 2.50. The first-order valence-electron chi connectivity index (χ1n) is 5.91. The molecule has 2 N–H and O–H groups in total. The van der Waals surface area contributed by atoms with Crippen molar-refractivity contribution in [2.24, 2.45) is 0 Å². The molecule has 3 heteroatoms. The van der Waals surface area contributed by atoms with E-state index in [0.29, 0.717) is 5.92 Å². The van der Waals surface area contributed by atoms with Gasteiger partial charge < -0.3 is 5.73 Å². The van der Waals surface area contributed by atoms with Crippen molar-refractivity contribution in [1.82, 2.24) is 9.78 Å². The van der Waals surface area contributed by atoms with Crippen LogP contribution in [0.3, 0.4) is 0 Å². The molecule has 0 unspecified atom stereocenters. The Hall–Kier alpha value is -1.77. The molecule has 0 spiro atoms. The van der Waals surface area contributed by atoms with Crippen LogP contribution in [0.15, 0.2) is 24.4 Å². The van der Waals surface area contributed by atoms with Gasteiger partial charge in [-0.15, -0.1) is 0 Å². The summed E-state index contributed by atoms with van der Waals surface area (Å²) in [6.07, 6.45) is 1.90. The van der Waals surface area contributed by atoms with Crippen molar-refractivity contribution >= 4 is 5.69 Å². The number of nitrogens with two attached hydrogens (primary N) is 1. The zero-order valence-electron chi connectivity index (χ0n) is 10.9. The second-order valence-corrected chi connectivity index (χ2v) is 4.86. The third kappa shape index (κ3) is 2.18. The Labute approximate surface area is 102 Å². The average Bonchev–Trinajstić information content (AvgIpc) is 2.60. The summed E-state index contributed by atoms with van der Waals surface area (Å²) in [6.45, 7) is 8.39. The van der Waals surface area contributed by atoms with Gasteiger partial charge in [-0.1, -0.05) is 31.5 Å². The Morgan fingerprint density at radius 2 is 1.94 bits per heavy atom. The van der Waals surface area contributed by atoms with Crippen LogP contribution >= 0.6 is 0 Å². The van der Waals surface area contributed by atoms with Crippen LogP contribution in [-0.4, -0.2) is 9.78 Å². The van der Waals surface area contributed by atoms with Gasteiger partial charge in [0.15, 0.2) is 0 Å². The largest absolute Gasteiger partial charge is 0.396 e. The lowest BCUT2D eigenvalue weighted by atomic mass is 10.1. The fraction of sp³-hybridized carbons (Fsp3) is 0.357. The smallest absolute Gasteiger partial charge is 0.0883 e. The molecule has 2 rings (SSSR count). The van der Waals surface area contributed by atoms with Gasteiger partial charge in [-0.05, 0) is 31.4 Å². The number of nitrogen functional groups attached to an aromatic ring is 1. The number of rotatable bonds is 2. The minimum Gasteiger partial charge on any atom is -0.396 e. The van der Waals surface area contributed by atoms with E-state index >= 15 is 0 Å². The fourth-order valence-electron chi connectivity index (χ4n) is 2.04. The summed E-state index contributed by atoms with van der Waals surface area (Å²) in [7, 11) is 0. The predicted octanol–water partition coefficient (Wildman–Crippen LogP) is 3.19. The highest BCUT2D eigenvalue weighted by molar-refractivity contribution is 5.48. The molecular weight excluding hydrogens is 210 g/mol. The second kappa shape index (κ2) is 4.24. The molecule has 0 amide bonds. The molecule has 0 atom stereocenters. The normalized spacial score (nSPS) is 11.1. The van der Waals surface area contributed by atoms with Crippen LogP contribution in [0.2, 0.25) is 0 Å². The van der Waals surface area contributed by atoms with Crippen molar-refractivity contribution in [3.05, 3.63) is 41.2 Å². The van der Waals surface area contributed by atoms with Crippen LogP contribution in [-0.2, 0) is 0 Å². The van der Waals surface area contributed by atoms with Gasteiger partial charge in [0.2, 0.25) is 0 Å². The summed E-state index contributed by atoms with van der Waals surface area (Å²) in [5.41, 5.74) is 11.3. The van der Waals surface area contributed by atoms with E-state index in [0.717, 1.165) is 17.1 Å². The molecule has 0 bridgehead atoms. The van der Waals surface area contributed by atoms with E-state index in [4.69, 9.17) is 5.73 Å². The molecule has 0 aliphatic rings. The number of anilines is 1. The monoisotopic (exact) mass is 229 g/mol. The molecule has 1 aromatic heterocycles. The molecule has 1 aromatic carbocycles. The van der Waals surface area contributed by atoms with Gasteiger partial charge in [-0.3, -0.25) is 0 Å². The molecule has 0 fully saturated rings. The van der Waals surface area contributed by atoms with Crippen molar-refractivity contribution in [3.63, 3.8) is 0 Å². The highest BCUT2D eigenvalue weighted by atomic mass is 15.3. The summed E-state index contributed by atoms with van der Waals surface area (Å²) in [5, 5.41) is 4.56. The number of aromatic nitrogens is 2. The lowest BCUT2D eigenvalue weighted by Gasteiger charge is -2.06. The van der Waals surface area contributed by atoms with Crippen LogP contribution in [0, 0.1) is 13.8 Å². The fourth-order valence-corrected chi connectivity index (χ4v) is 2.04. The quantitative estimate of drug-likeness (QED) is 0.859. The zero-order chi connectivity index (χ0) is 12.6. The van der Waals surface area contributed by atoms with Crippen molar-refractivity contribution in [1.29, 1.82) is 0 Å². The van der Waals surface area contributed by atoms with Gasteiger partial charge in [0.1, 0.15) is 0 Å². The predicted molar refractivity (Wildman–Crippen MR) is 71.5 cm³/mol. The standard InChI is InChI=1S/C14H19N3/c1-9(2)14-12(15)8-17(16-14)13-6-5-10(3)7-11(13)4/h5-9H,15H2,1-4H3. The molecule has 1 heterocycles. The molecule has 2 aromatic rings. The van der Waals surface area contributed by atoms with Crippen LogP contribution in [0.25, 0.3) is 5.69 Å². The third-order valence-electron chi connectivity index (χ3n) is 2.92. The number of benzene rings is 1. The van der Waals surface area contributed by atoms with E-state index in [1.807, 2.05) is 10.9 Å². The van der Waals surface area contributed by atoms with Crippen molar-refractivity contribution in [3.8, 4) is 5.69 Å². The first-order valence-corrected chi connectivity index (χ1v) is 5.91. The molecule has 0 saturated carbocycles. The van der Waals surface area contributed by atoms with Gasteiger partial charge in [-0.2, -0.15) is 5.10 Å². The van der Waals surface area contributed by atoms with E-state index in [2.05, 4.69) is 51.0 Å². The number of aryl methyl sites for hydroxylation is 2. The molecule has 3 nitrogen and oxygen atoms in total. The van der Waals surface area contributed by atoms with Crippen LogP contribution in [0.1, 0.15) is 36.6 Å². The molecule has 0 saturated heterocycles. The van der Waals surface area contributed by atoms with E-state index < -0.39 is 0 Å². The van der Waals surface area contributed by atoms with Crippen LogP contribution in [0.5, 0.6) is 0 Å². The van der Waals surface area contributed by atoms with E-state index in [1.54, 1.807) is 0 Å². The Bertz CT molecular complexity index is 538. The molecule has 0 radical (unpaired) electrons. The second-order valence-electron chi connectivity index (χ2n) is 4.86. The SMILES string of the molecule is Cc1ccc(-n2cc(N)c(C(C)C)n2)c(C)c1. The van der Waals surface area contributed by atoms with Gasteiger partial charge in [-0.25, -0.2) is 4.68 Å². The van der Waals surface area contributed by atoms with Crippen molar-refractivity contribution < 1.29 is 0 Å². The van der Waals surface area contributed by atoms with Gasteiger partial charge in [0, 0.05) is 0 Å². The lowest BCUT2D eigenvalue weighted by molar-refractivity contribution is 0.767. The number of hydrogen-bond donors (Lipinski definition) is 1. The highest BCUT2D eigenvalue weighted by Crippen LogP contribution is 2.23. The van der Waals surface area contributed by atoms with E-state index in [1.165, 1.54) is 11.1 Å². The Morgan fingerprint density at radius 3 is 2.47 bits per heavy atom. The topological polar surface area (TPSA) is 43.8 Å². The summed E-state index contributed by atoms with van der Waals surface area (Å²) < 4.78 is 1.87. The Morgan fingerprint density at radius 1 is 1.24 bits per heavy atom. The summed E-state index contributed by atoms with van der Waals surface area (Å²) in [6, 6.07) is 6.33. The summed E-state index contributed by atoms with van der Waals surface area (Å²) >= 11 is 0. The first kappa shape index (κ1) is 11.7. The van der Waals surface area contributed by atoms with Crippen molar-refractivity contribution in [2.45, 2.75) is 33.6 Å². The maximum Gasteiger partial charge on any atom is 0.0883 e. The minimum atomic E-state index is 0.349. The highest BCUT2D eigenvalue weighted by Gasteiger charge is 2.11. The van der Waals surface area contributed by atoms with Crippen LogP contribution < -0.4 is 5.73 Å². The Kier molecular flexibility index (Phi) is 2.92. The van der Waals surface area contributed by atoms with E-state index in [-0.39, 0.29) is 0 Å². The molecular formula is C14H19N3. The minimum absolute atomic E-state index is 0.349. The van der Waals surface area contributed by atoms with Gasteiger partial charge >= 0.3 is 0 Å². The maximum atomic E-state index is 5.98. The number of nitrogens with zero attached hydrogens (tertiary/aromatic N) is 2. The summed E-state index contributed by atoms with van der Waals surface area (Å²) in [5.74, 6) is 0.349. The summed E-state index contributed by atoms with van der Waals surface area (Å²) in [4.78, 5) is 0. The molecule has 0 aliphatic heterocycles. The molecule has 0 aliphatic carbocycles. The maximum absolute atomic E-state index is 5.98. The first-order chi connectivity index (χ1) is 7.99. The van der Waals surface area contributed by atoms with Crippen molar-refractivity contribution in [2.75, 3.05) is 5.73 Å². The number of hydrogen-bond acceptors (Lipinski definition) is 2. The van der Waals surface area contributed by atoms with Crippen LogP contribution in [0.4, 0.5) is 5.69 Å². The average molecular weight is 229 g/mol. The third-order valence-corrected chi connectivity index (χ3v) is 2.92. The molecule has 90 valence electrons. The zero-order valence-corrected chi connectivity index (χ0v) is 10.9. The van der Waals surface area contributed by atoms with E-state index in [9.17, 15) is 0 Å². The van der Waals surface area contributed by atoms with Gasteiger partial charge in [0.05, 0.1) is 23.3 Å².